The van der Waals surface area contributed by atoms with E-state index in [0.29, 0.717) is 0 Å². The first-order valence-electron chi connectivity index (χ1n) is 12.6. The molecule has 34 heteroatoms. The zero-order valence-corrected chi connectivity index (χ0v) is 47.0. The molecule has 302 valence electrons. The Morgan fingerprint density at radius 2 is 0.466 bits per heavy atom. The molecule has 0 radical (unpaired) electrons. The summed E-state index contributed by atoms with van der Waals surface area (Å²) in [5.74, 6) is -21.0. The predicted octanol–water partition coefficient (Wildman–Crippen LogP) is -26.6. The van der Waals surface area contributed by atoms with Crippen molar-refractivity contribution in [2.75, 3.05) is 0 Å². The quantitative estimate of drug-likeness (QED) is 0.0504. The fourth-order valence-electron chi connectivity index (χ4n) is 2.83. The standard InChI is InChI=1S/4C6H8O7.3K.3Na.3H/c4*7-3(8)1-6(13,5(11)12)2-4(9)10;;;;;;;;;/h4*13H,1-2H2,(H,7,8)(H,9,10)(H,11,12);;;;;;;;;/q;;;;6*+1;3*-1/p-3. The Hall–Kier alpha value is 1.39. The molecule has 0 aromatic heterocycles. The first-order valence-corrected chi connectivity index (χ1v) is 12.6. The molecule has 0 rings (SSSR count). The molecule has 0 unspecified atom stereocenters. The normalized spacial score (nSPS) is 9.72. The van der Waals surface area contributed by atoms with E-state index < -0.39 is 145 Å². The third-order valence-corrected chi connectivity index (χ3v) is 5.11. The Kier molecular flexibility index (Phi) is 57.2. The number of carboxylic acids is 12. The average molecular weight is 955 g/mol. The van der Waals surface area contributed by atoms with Crippen LogP contribution < -0.4 is 258 Å². The van der Waals surface area contributed by atoms with Crippen molar-refractivity contribution >= 4 is 71.6 Å². The minimum Gasteiger partial charge on any atom is -1.00 e. The molecule has 0 aliphatic heterocycles. The number of hydrogen-bond donors (Lipinski definition) is 13. The molecule has 0 saturated carbocycles. The number of carbonyl (C=O) groups excluding carboxylic acids is 3. The number of carbonyl (C=O) groups is 12. The summed E-state index contributed by atoms with van der Waals surface area (Å²) in [5, 5.41) is 140. The maximum atomic E-state index is 10.3. The summed E-state index contributed by atoms with van der Waals surface area (Å²) < 4.78 is 0. The van der Waals surface area contributed by atoms with Crippen LogP contribution in [0.15, 0.2) is 0 Å². The van der Waals surface area contributed by atoms with Gasteiger partial charge in [-0.15, -0.1) is 0 Å². The van der Waals surface area contributed by atoms with Gasteiger partial charge in [-0.05, 0) is 0 Å². The minimum atomic E-state index is -2.97. The Labute approximate surface area is 521 Å². The summed E-state index contributed by atoms with van der Waals surface area (Å²) >= 11 is 0. The largest absolute Gasteiger partial charge is 1.00 e. The molecule has 0 amide bonds. The molecule has 0 aromatic rings. The van der Waals surface area contributed by atoms with Gasteiger partial charge in [0.1, 0.15) is 5.60 Å². The molecule has 28 nitrogen and oxygen atoms in total. The van der Waals surface area contributed by atoms with Crippen molar-refractivity contribution in [3.8, 4) is 0 Å². The van der Waals surface area contributed by atoms with Gasteiger partial charge in [0, 0.05) is 24.8 Å². The zero-order valence-electron chi connectivity index (χ0n) is 34.6. The van der Waals surface area contributed by atoms with E-state index in [-0.39, 0.29) is 247 Å². The Balaban J connectivity index is -0.0000000436. The SMILES string of the molecule is O=C(O)CC(O)(CC(=O)O)C(=O)O.O=C(O)CC(O)(CC(=O)O)C(=O)O.O=C(O)CC(O)(CC(=O)O)C(=O)O.O=C([O-])CC(O)(CC(=O)[O-])C(=O)[O-].[H-].[H-].[H-].[K+].[K+].[K+].[Na+].[Na+].[Na+]. The van der Waals surface area contributed by atoms with E-state index in [4.69, 9.17) is 66.4 Å². The first-order chi connectivity index (χ1) is 23.1. The molecular formula is C24H32K3Na3O28. The van der Waals surface area contributed by atoms with Gasteiger partial charge in [-0.25, -0.2) is 14.4 Å². The van der Waals surface area contributed by atoms with Crippen molar-refractivity contribution in [2.24, 2.45) is 0 Å². The molecule has 0 aliphatic rings. The molecule has 0 fully saturated rings. The van der Waals surface area contributed by atoms with Gasteiger partial charge in [0.05, 0.1) is 44.5 Å². The molecular weight excluding hydrogens is 923 g/mol. The van der Waals surface area contributed by atoms with Gasteiger partial charge in [0.15, 0.2) is 16.8 Å². The predicted molar refractivity (Wildman–Crippen MR) is 144 cm³/mol. The number of rotatable bonds is 20. The van der Waals surface area contributed by atoms with E-state index >= 15 is 0 Å². The second-order valence-corrected chi connectivity index (χ2v) is 9.85. The van der Waals surface area contributed by atoms with E-state index in [2.05, 4.69) is 0 Å². The third-order valence-electron chi connectivity index (χ3n) is 5.11. The van der Waals surface area contributed by atoms with Crippen LogP contribution in [0.25, 0.3) is 0 Å². The van der Waals surface area contributed by atoms with Gasteiger partial charge in [-0.3, -0.25) is 28.8 Å². The molecule has 0 spiro atoms. The van der Waals surface area contributed by atoms with Crippen LogP contribution in [-0.4, -0.2) is 160 Å². The van der Waals surface area contributed by atoms with Crippen molar-refractivity contribution in [2.45, 2.75) is 73.8 Å². The third kappa shape index (κ3) is 42.7. The van der Waals surface area contributed by atoms with Crippen LogP contribution in [-0.2, 0) is 57.5 Å². The van der Waals surface area contributed by atoms with Crippen LogP contribution in [0.4, 0.5) is 0 Å². The van der Waals surface area contributed by atoms with Gasteiger partial charge in [0.25, 0.3) is 0 Å². The fourth-order valence-corrected chi connectivity index (χ4v) is 2.83. The van der Waals surface area contributed by atoms with Gasteiger partial charge < -0.3 is 100 Å². The summed E-state index contributed by atoms with van der Waals surface area (Å²) in [4.78, 5) is 121. The molecule has 0 aromatic carbocycles. The molecule has 0 heterocycles. The molecule has 0 aliphatic carbocycles. The van der Waals surface area contributed by atoms with Crippen molar-refractivity contribution in [3.63, 3.8) is 0 Å². The number of aliphatic carboxylic acids is 12. The topological polar surface area (TPSA) is 537 Å². The number of aliphatic hydroxyl groups is 4. The van der Waals surface area contributed by atoms with Crippen LogP contribution >= 0.6 is 0 Å². The van der Waals surface area contributed by atoms with Gasteiger partial charge in [-0.2, -0.15) is 0 Å². The number of carboxylic acid groups (broad SMARTS) is 12. The molecule has 0 bridgehead atoms. The smallest absolute Gasteiger partial charge is 1.00 e. The molecule has 13 N–H and O–H groups in total. The van der Waals surface area contributed by atoms with Crippen LogP contribution in [0.2, 0.25) is 0 Å². The van der Waals surface area contributed by atoms with Crippen LogP contribution in [0, 0.1) is 0 Å². The van der Waals surface area contributed by atoms with Crippen molar-refractivity contribution in [1.29, 1.82) is 0 Å². The number of hydrogen-bond acceptors (Lipinski definition) is 19. The fraction of sp³-hybridized carbons (Fsp3) is 0.500. The van der Waals surface area contributed by atoms with Crippen molar-refractivity contribution < 1.29 is 386 Å². The minimum absolute atomic E-state index is 0. The second-order valence-electron chi connectivity index (χ2n) is 9.85. The van der Waals surface area contributed by atoms with Crippen molar-refractivity contribution in [1.82, 2.24) is 0 Å². The van der Waals surface area contributed by atoms with E-state index in [1.165, 1.54) is 0 Å². The van der Waals surface area contributed by atoms with Crippen LogP contribution in [0.5, 0.6) is 0 Å². The maximum Gasteiger partial charge on any atom is 1.00 e. The molecule has 0 atom stereocenters. The van der Waals surface area contributed by atoms with E-state index in [0.717, 1.165) is 0 Å². The van der Waals surface area contributed by atoms with Gasteiger partial charge in [-0.1, -0.05) is 0 Å². The summed E-state index contributed by atoms with van der Waals surface area (Å²) in [5.41, 5.74) is -11.2. The zero-order chi connectivity index (χ0) is 42.6. The van der Waals surface area contributed by atoms with Gasteiger partial charge in [0.2, 0.25) is 0 Å². The van der Waals surface area contributed by atoms with E-state index in [1.807, 2.05) is 0 Å². The van der Waals surface area contributed by atoms with E-state index in [1.54, 1.807) is 0 Å². The average Bonchev–Trinajstić information content (AvgIpc) is 2.85. The monoisotopic (exact) mass is 954 g/mol. The molecule has 58 heavy (non-hydrogen) atoms. The maximum absolute atomic E-state index is 10.3. The summed E-state index contributed by atoms with van der Waals surface area (Å²) in [6.07, 6.45) is -9.58. The van der Waals surface area contributed by atoms with Gasteiger partial charge >= 0.3 is 297 Å². The second kappa shape index (κ2) is 39.9. The summed E-state index contributed by atoms with van der Waals surface area (Å²) in [6, 6.07) is 0. The van der Waals surface area contributed by atoms with Crippen LogP contribution in [0.3, 0.4) is 0 Å². The molecule has 0 saturated heterocycles. The Morgan fingerprint density at radius 3 is 0.534 bits per heavy atom. The summed E-state index contributed by atoms with van der Waals surface area (Å²) in [6.45, 7) is 0. The first kappa shape index (κ1) is 83.0. The van der Waals surface area contributed by atoms with Crippen molar-refractivity contribution in [3.05, 3.63) is 0 Å². The summed E-state index contributed by atoms with van der Waals surface area (Å²) in [7, 11) is 0. The van der Waals surface area contributed by atoms with Crippen LogP contribution in [0.1, 0.15) is 55.6 Å². The Morgan fingerprint density at radius 1 is 0.328 bits per heavy atom. The Bertz CT molecular complexity index is 1170. The van der Waals surface area contributed by atoms with E-state index in [9.17, 15) is 72.9 Å².